The highest BCUT2D eigenvalue weighted by Crippen LogP contribution is 2.28. The highest BCUT2D eigenvalue weighted by atomic mass is 16.5. The van der Waals surface area contributed by atoms with Crippen LogP contribution in [0.2, 0.25) is 0 Å². The lowest BCUT2D eigenvalue weighted by atomic mass is 10.1. The van der Waals surface area contributed by atoms with Crippen LogP contribution in [0.4, 0.5) is 0 Å². The minimum atomic E-state index is 0.139. The van der Waals surface area contributed by atoms with Crippen LogP contribution in [0.3, 0.4) is 0 Å². The van der Waals surface area contributed by atoms with Crippen molar-refractivity contribution in [2.45, 2.75) is 12.8 Å². The van der Waals surface area contributed by atoms with Crippen LogP contribution in [0.25, 0.3) is 10.9 Å². The number of aliphatic imine (C=N–C) groups is 1. The lowest BCUT2D eigenvalue weighted by Crippen LogP contribution is -1.89. The van der Waals surface area contributed by atoms with E-state index in [0.717, 1.165) is 36.0 Å². The van der Waals surface area contributed by atoms with E-state index in [1.54, 1.807) is 13.3 Å². The third-order valence-electron chi connectivity index (χ3n) is 3.84. The molecule has 0 saturated heterocycles. The van der Waals surface area contributed by atoms with Gasteiger partial charge >= 0.3 is 0 Å². The number of methoxy groups -OCH3 is 1. The van der Waals surface area contributed by atoms with E-state index in [1.165, 1.54) is 5.56 Å². The number of benzene rings is 2. The highest BCUT2D eigenvalue weighted by Gasteiger charge is 2.09. The molecular weight excluding hydrogens is 288 g/mol. The number of nitrogens with one attached hydrogen (secondary N) is 1. The Balaban J connectivity index is 1.67. The zero-order valence-electron chi connectivity index (χ0n) is 13.1. The van der Waals surface area contributed by atoms with Gasteiger partial charge in [0.05, 0.1) is 12.7 Å². The van der Waals surface area contributed by atoms with E-state index in [-0.39, 0.29) is 5.88 Å². The summed E-state index contributed by atoms with van der Waals surface area (Å²) in [5, 5.41) is 11.0. The van der Waals surface area contributed by atoms with E-state index in [2.05, 4.69) is 34.2 Å². The van der Waals surface area contributed by atoms with Crippen LogP contribution in [0.5, 0.6) is 11.6 Å². The molecular formula is C19H20N2O2. The van der Waals surface area contributed by atoms with Crippen molar-refractivity contribution in [3.05, 3.63) is 59.7 Å². The first-order chi connectivity index (χ1) is 11.3. The molecule has 0 fully saturated rings. The van der Waals surface area contributed by atoms with Crippen LogP contribution in [-0.4, -0.2) is 30.0 Å². The van der Waals surface area contributed by atoms with Gasteiger partial charge < -0.3 is 14.8 Å². The molecule has 3 aromatic rings. The summed E-state index contributed by atoms with van der Waals surface area (Å²) in [6, 6.07) is 16.0. The fraction of sp³-hybridized carbons (Fsp3) is 0.211. The molecule has 0 aliphatic rings. The first kappa shape index (κ1) is 15.2. The van der Waals surface area contributed by atoms with Gasteiger partial charge in [0.1, 0.15) is 5.75 Å². The van der Waals surface area contributed by atoms with Gasteiger partial charge in [0, 0.05) is 23.7 Å². The van der Waals surface area contributed by atoms with Gasteiger partial charge in [0.2, 0.25) is 0 Å². The summed E-state index contributed by atoms with van der Waals surface area (Å²) >= 11 is 0. The van der Waals surface area contributed by atoms with Crippen molar-refractivity contribution in [1.82, 2.24) is 4.98 Å². The Morgan fingerprint density at radius 1 is 1.17 bits per heavy atom. The average Bonchev–Trinajstić information content (AvgIpc) is 2.90. The normalized spacial score (nSPS) is 11.3. The van der Waals surface area contributed by atoms with E-state index in [4.69, 9.17) is 4.74 Å². The first-order valence-electron chi connectivity index (χ1n) is 7.70. The van der Waals surface area contributed by atoms with Crippen LogP contribution in [-0.2, 0) is 6.42 Å². The van der Waals surface area contributed by atoms with Crippen molar-refractivity contribution in [2.75, 3.05) is 13.7 Å². The van der Waals surface area contributed by atoms with Crippen LogP contribution < -0.4 is 4.74 Å². The van der Waals surface area contributed by atoms with Crippen molar-refractivity contribution in [2.24, 2.45) is 4.99 Å². The maximum Gasteiger partial charge on any atom is 0.198 e. The fourth-order valence-electron chi connectivity index (χ4n) is 2.61. The maximum atomic E-state index is 10.0. The Kier molecular flexibility index (Phi) is 4.62. The summed E-state index contributed by atoms with van der Waals surface area (Å²) in [5.41, 5.74) is 2.90. The van der Waals surface area contributed by atoms with Crippen LogP contribution in [0, 0.1) is 0 Å². The highest BCUT2D eigenvalue weighted by molar-refractivity contribution is 6.02. The number of nitrogens with zero attached hydrogens (tertiary/aromatic N) is 1. The number of hydrogen-bond donors (Lipinski definition) is 2. The molecule has 1 heterocycles. The number of rotatable bonds is 6. The van der Waals surface area contributed by atoms with Crippen molar-refractivity contribution in [3.63, 3.8) is 0 Å². The van der Waals surface area contributed by atoms with Crippen molar-refractivity contribution < 1.29 is 9.84 Å². The number of hydrogen-bond acceptors (Lipinski definition) is 3. The molecule has 0 aliphatic heterocycles. The van der Waals surface area contributed by atoms with Gasteiger partial charge in [-0.1, -0.05) is 30.3 Å². The molecule has 4 nitrogen and oxygen atoms in total. The fourth-order valence-corrected chi connectivity index (χ4v) is 2.61. The molecule has 4 heteroatoms. The van der Waals surface area contributed by atoms with Gasteiger partial charge in [-0.05, 0) is 36.6 Å². The van der Waals surface area contributed by atoms with Gasteiger partial charge in [-0.2, -0.15) is 0 Å². The topological polar surface area (TPSA) is 57.6 Å². The van der Waals surface area contributed by atoms with Gasteiger partial charge in [-0.3, -0.25) is 4.99 Å². The Labute approximate surface area is 135 Å². The van der Waals surface area contributed by atoms with Gasteiger partial charge in [0.15, 0.2) is 5.88 Å². The van der Waals surface area contributed by atoms with Gasteiger partial charge in [-0.15, -0.1) is 0 Å². The molecule has 118 valence electrons. The first-order valence-corrected chi connectivity index (χ1v) is 7.70. The lowest BCUT2D eigenvalue weighted by Gasteiger charge is -2.00. The molecule has 0 saturated carbocycles. The molecule has 1 aromatic heterocycles. The summed E-state index contributed by atoms with van der Waals surface area (Å²) < 4.78 is 5.24. The van der Waals surface area contributed by atoms with Crippen molar-refractivity contribution in [1.29, 1.82) is 0 Å². The van der Waals surface area contributed by atoms with Gasteiger partial charge in [0.25, 0.3) is 0 Å². The summed E-state index contributed by atoms with van der Waals surface area (Å²) in [7, 11) is 1.63. The summed E-state index contributed by atoms with van der Waals surface area (Å²) in [4.78, 5) is 7.40. The molecule has 0 amide bonds. The zero-order chi connectivity index (χ0) is 16.1. The van der Waals surface area contributed by atoms with E-state index in [1.807, 2.05) is 24.3 Å². The molecule has 0 bridgehead atoms. The number of ether oxygens (including phenoxy) is 1. The second-order valence-corrected chi connectivity index (χ2v) is 5.42. The SMILES string of the molecule is COc1ccc2[nH]c(O)c(C=NCCCc3ccccc3)c2c1. The number of aromatic nitrogens is 1. The third kappa shape index (κ3) is 3.54. The number of fused-ring (bicyclic) bond motifs is 1. The van der Waals surface area contributed by atoms with E-state index < -0.39 is 0 Å². The largest absolute Gasteiger partial charge is 0.497 e. The minimum absolute atomic E-state index is 0.139. The molecule has 3 rings (SSSR count). The maximum absolute atomic E-state index is 10.0. The Bertz CT molecular complexity index is 807. The smallest absolute Gasteiger partial charge is 0.198 e. The van der Waals surface area contributed by atoms with Gasteiger partial charge in [-0.25, -0.2) is 0 Å². The van der Waals surface area contributed by atoms with Crippen LogP contribution in [0.1, 0.15) is 17.5 Å². The standard InChI is InChI=1S/C19H20N2O2/c1-23-15-9-10-18-16(12-15)17(19(22)21-18)13-20-11-5-8-14-6-3-2-4-7-14/h2-4,6-7,9-10,12-13,21-22H,5,8,11H2,1H3. The predicted molar refractivity (Wildman–Crippen MR) is 93.7 cm³/mol. The molecule has 2 N–H and O–H groups in total. The summed E-state index contributed by atoms with van der Waals surface area (Å²) in [6.45, 7) is 0.727. The van der Waals surface area contributed by atoms with Crippen molar-refractivity contribution >= 4 is 17.1 Å². The second kappa shape index (κ2) is 7.01. The molecule has 0 aliphatic carbocycles. The second-order valence-electron chi connectivity index (χ2n) is 5.42. The molecule has 0 spiro atoms. The van der Waals surface area contributed by atoms with E-state index in [0.29, 0.717) is 5.56 Å². The number of aryl methyl sites for hydroxylation is 1. The number of H-pyrrole nitrogens is 1. The van der Waals surface area contributed by atoms with E-state index in [9.17, 15) is 5.11 Å². The molecule has 0 unspecified atom stereocenters. The van der Waals surface area contributed by atoms with Crippen molar-refractivity contribution in [3.8, 4) is 11.6 Å². The summed E-state index contributed by atoms with van der Waals surface area (Å²) in [6.07, 6.45) is 3.72. The molecule has 0 atom stereocenters. The zero-order valence-corrected chi connectivity index (χ0v) is 13.1. The third-order valence-corrected chi connectivity index (χ3v) is 3.84. The van der Waals surface area contributed by atoms with Crippen LogP contribution in [0.15, 0.2) is 53.5 Å². The van der Waals surface area contributed by atoms with Crippen LogP contribution >= 0.6 is 0 Å². The molecule has 23 heavy (non-hydrogen) atoms. The minimum Gasteiger partial charge on any atom is -0.497 e. The van der Waals surface area contributed by atoms with E-state index >= 15 is 0 Å². The molecule has 2 aromatic carbocycles. The Morgan fingerprint density at radius 3 is 2.78 bits per heavy atom. The Morgan fingerprint density at radius 2 is 2.00 bits per heavy atom. The Hall–Kier alpha value is -2.75. The monoisotopic (exact) mass is 308 g/mol. The lowest BCUT2D eigenvalue weighted by molar-refractivity contribution is 0.415. The summed E-state index contributed by atoms with van der Waals surface area (Å²) in [5.74, 6) is 0.898. The number of aromatic amines is 1. The quantitative estimate of drug-likeness (QED) is 0.535. The number of aromatic hydroxyl groups is 1. The predicted octanol–water partition coefficient (Wildman–Crippen LogP) is 3.93. The molecule has 0 radical (unpaired) electrons. The average molecular weight is 308 g/mol.